The molecule has 33 heavy (non-hydrogen) atoms. The number of hydrazone groups is 1. The first-order chi connectivity index (χ1) is 15.6. The highest BCUT2D eigenvalue weighted by Gasteiger charge is 2.24. The number of carboxylic acids is 1. The number of halogens is 1. The van der Waals surface area contributed by atoms with E-state index in [1.165, 1.54) is 30.3 Å². The molecule has 0 heterocycles. The number of non-ortho nitro benzene ring substituents is 1. The largest absolute Gasteiger partial charge is 0.478 e. The Hall–Kier alpha value is -3.96. The quantitative estimate of drug-likeness (QED) is 0.238. The van der Waals surface area contributed by atoms with Gasteiger partial charge in [-0.3, -0.25) is 20.3 Å². The maximum atomic E-state index is 13.1. The molecule has 0 fully saturated rings. The number of sulfonamides is 1. The van der Waals surface area contributed by atoms with Crippen molar-refractivity contribution in [3.8, 4) is 0 Å². The monoisotopic (exact) mass is 488 g/mol. The van der Waals surface area contributed by atoms with Crippen LogP contribution in [0.1, 0.15) is 22.8 Å². The van der Waals surface area contributed by atoms with Crippen molar-refractivity contribution in [2.45, 2.75) is 11.8 Å². The summed E-state index contributed by atoms with van der Waals surface area (Å²) < 4.78 is 28.4. The molecule has 0 amide bonds. The summed E-state index contributed by atoms with van der Waals surface area (Å²) in [6, 6.07) is 15.4. The third kappa shape index (κ3) is 5.45. The van der Waals surface area contributed by atoms with Crippen molar-refractivity contribution in [2.24, 2.45) is 5.10 Å². The molecule has 3 aromatic carbocycles. The second-order valence-electron chi connectivity index (χ2n) is 6.68. The lowest BCUT2D eigenvalue weighted by Crippen LogP contribution is -2.17. The first-order valence-electron chi connectivity index (χ1n) is 9.29. The standard InChI is InChI=1S/C21H17ClN4O6S/c1-13(15-6-2-4-8-17(15)22)23-24-19-11-10-14(26(29)30)12-20(19)33(31,32)25-18-9-5-3-7-16(18)21(27)28/h2-12,24-25H,1H3,(H,27,28)/b23-13+. The minimum absolute atomic E-state index is 0.0627. The van der Waals surface area contributed by atoms with Gasteiger partial charge < -0.3 is 5.11 Å². The lowest BCUT2D eigenvalue weighted by atomic mass is 10.1. The van der Waals surface area contributed by atoms with Gasteiger partial charge in [-0.25, -0.2) is 13.2 Å². The van der Waals surface area contributed by atoms with Gasteiger partial charge in [0.25, 0.3) is 15.7 Å². The molecule has 3 N–H and O–H groups in total. The van der Waals surface area contributed by atoms with Gasteiger partial charge in [-0.1, -0.05) is 41.9 Å². The van der Waals surface area contributed by atoms with Gasteiger partial charge in [-0.15, -0.1) is 0 Å². The number of nitrogens with zero attached hydrogens (tertiary/aromatic N) is 2. The molecular formula is C21H17ClN4O6S. The predicted molar refractivity (Wildman–Crippen MR) is 125 cm³/mol. The fourth-order valence-electron chi connectivity index (χ4n) is 2.86. The topological polar surface area (TPSA) is 151 Å². The highest BCUT2D eigenvalue weighted by atomic mass is 35.5. The zero-order chi connectivity index (χ0) is 24.2. The Balaban J connectivity index is 2.04. The van der Waals surface area contributed by atoms with E-state index in [-0.39, 0.29) is 16.9 Å². The minimum Gasteiger partial charge on any atom is -0.478 e. The van der Waals surface area contributed by atoms with Crippen molar-refractivity contribution in [1.29, 1.82) is 0 Å². The van der Waals surface area contributed by atoms with Crippen LogP contribution in [0.2, 0.25) is 5.02 Å². The maximum absolute atomic E-state index is 13.1. The van der Waals surface area contributed by atoms with E-state index in [1.54, 1.807) is 31.2 Å². The van der Waals surface area contributed by atoms with Gasteiger partial charge in [0.1, 0.15) is 4.90 Å². The molecule has 3 aromatic rings. The molecule has 0 saturated heterocycles. The molecule has 3 rings (SSSR count). The zero-order valence-corrected chi connectivity index (χ0v) is 18.6. The fraction of sp³-hybridized carbons (Fsp3) is 0.0476. The zero-order valence-electron chi connectivity index (χ0n) is 17.0. The van der Waals surface area contributed by atoms with Gasteiger partial charge in [-0.2, -0.15) is 5.10 Å². The van der Waals surface area contributed by atoms with E-state index in [2.05, 4.69) is 15.2 Å². The van der Waals surface area contributed by atoms with Crippen LogP contribution in [-0.2, 0) is 10.0 Å². The van der Waals surface area contributed by atoms with Crippen LogP contribution in [0.4, 0.5) is 17.1 Å². The molecule has 0 saturated carbocycles. The smallest absolute Gasteiger partial charge is 0.337 e. The fourth-order valence-corrected chi connectivity index (χ4v) is 4.39. The molecule has 12 heteroatoms. The number of hydrogen-bond donors (Lipinski definition) is 3. The van der Waals surface area contributed by atoms with Crippen LogP contribution in [0.3, 0.4) is 0 Å². The number of rotatable bonds is 8. The number of carboxylic acid groups (broad SMARTS) is 1. The first kappa shape index (κ1) is 23.7. The molecule has 0 aliphatic rings. The lowest BCUT2D eigenvalue weighted by Gasteiger charge is -2.14. The van der Waals surface area contributed by atoms with E-state index in [0.717, 1.165) is 12.1 Å². The van der Waals surface area contributed by atoms with Gasteiger partial charge in [0.15, 0.2) is 0 Å². The average Bonchev–Trinajstić information content (AvgIpc) is 2.77. The molecule has 0 aromatic heterocycles. The normalized spacial score (nSPS) is 11.6. The number of anilines is 2. The summed E-state index contributed by atoms with van der Waals surface area (Å²) in [4.78, 5) is 21.4. The Morgan fingerprint density at radius 3 is 2.30 bits per heavy atom. The van der Waals surface area contributed by atoms with E-state index in [0.29, 0.717) is 16.3 Å². The number of para-hydroxylation sites is 1. The first-order valence-corrected chi connectivity index (χ1v) is 11.1. The molecule has 0 unspecified atom stereocenters. The van der Waals surface area contributed by atoms with Crippen LogP contribution >= 0.6 is 11.6 Å². The Morgan fingerprint density at radius 1 is 1.03 bits per heavy atom. The highest BCUT2D eigenvalue weighted by Crippen LogP contribution is 2.29. The van der Waals surface area contributed by atoms with Gasteiger partial charge >= 0.3 is 5.97 Å². The number of nitro groups is 1. The molecule has 0 atom stereocenters. The number of carbonyl (C=O) groups is 1. The summed E-state index contributed by atoms with van der Waals surface area (Å²) in [7, 11) is -4.45. The molecule has 0 aliphatic heterocycles. The second-order valence-corrected chi connectivity index (χ2v) is 8.74. The molecule has 10 nitrogen and oxygen atoms in total. The Labute approximate surface area is 193 Å². The number of benzene rings is 3. The van der Waals surface area contributed by atoms with Crippen LogP contribution < -0.4 is 10.1 Å². The van der Waals surface area contributed by atoms with Gasteiger partial charge in [0, 0.05) is 22.7 Å². The predicted octanol–water partition coefficient (Wildman–Crippen LogP) is 4.58. The lowest BCUT2D eigenvalue weighted by molar-refractivity contribution is -0.385. The third-order valence-corrected chi connectivity index (χ3v) is 6.21. The molecule has 0 bridgehead atoms. The van der Waals surface area contributed by atoms with E-state index < -0.39 is 31.5 Å². The van der Waals surface area contributed by atoms with Crippen molar-refractivity contribution in [3.05, 3.63) is 93.0 Å². The number of hydrogen-bond acceptors (Lipinski definition) is 7. The Kier molecular flexibility index (Phi) is 6.95. The average molecular weight is 489 g/mol. The molecule has 0 aliphatic carbocycles. The van der Waals surface area contributed by atoms with Crippen molar-refractivity contribution in [1.82, 2.24) is 0 Å². The number of aromatic carboxylic acids is 1. The van der Waals surface area contributed by atoms with Gasteiger partial charge in [-0.05, 0) is 31.2 Å². The van der Waals surface area contributed by atoms with Crippen LogP contribution in [-0.4, -0.2) is 30.1 Å². The SMILES string of the molecule is C/C(=N\Nc1ccc([N+](=O)[O-])cc1S(=O)(=O)Nc1ccccc1C(=O)O)c1ccccc1Cl. The third-order valence-electron chi connectivity index (χ3n) is 4.48. The summed E-state index contributed by atoms with van der Waals surface area (Å²) in [6.45, 7) is 1.65. The molecule has 0 radical (unpaired) electrons. The summed E-state index contributed by atoms with van der Waals surface area (Å²) in [5.41, 5.74) is 2.63. The van der Waals surface area contributed by atoms with Gasteiger partial charge in [0.2, 0.25) is 0 Å². The van der Waals surface area contributed by atoms with Crippen molar-refractivity contribution in [2.75, 3.05) is 10.1 Å². The van der Waals surface area contributed by atoms with Crippen LogP contribution in [0, 0.1) is 10.1 Å². The molecular weight excluding hydrogens is 472 g/mol. The number of nitrogens with one attached hydrogen (secondary N) is 2. The molecule has 0 spiro atoms. The van der Waals surface area contributed by atoms with Crippen LogP contribution in [0.25, 0.3) is 0 Å². The van der Waals surface area contributed by atoms with Crippen molar-refractivity contribution < 1.29 is 23.2 Å². The van der Waals surface area contributed by atoms with Crippen LogP contribution in [0.5, 0.6) is 0 Å². The second kappa shape index (κ2) is 9.67. The summed E-state index contributed by atoms with van der Waals surface area (Å²) in [6.07, 6.45) is 0. The summed E-state index contributed by atoms with van der Waals surface area (Å²) in [5, 5.41) is 25.1. The van der Waals surface area contributed by atoms with E-state index in [4.69, 9.17) is 11.6 Å². The Morgan fingerprint density at radius 2 is 1.67 bits per heavy atom. The van der Waals surface area contributed by atoms with E-state index in [9.17, 15) is 28.4 Å². The van der Waals surface area contributed by atoms with Gasteiger partial charge in [0.05, 0.1) is 27.6 Å². The summed E-state index contributed by atoms with van der Waals surface area (Å²) >= 11 is 6.15. The van der Waals surface area contributed by atoms with Crippen molar-refractivity contribution >= 4 is 50.4 Å². The number of nitro benzene ring substituents is 1. The van der Waals surface area contributed by atoms with E-state index >= 15 is 0 Å². The molecule has 170 valence electrons. The summed E-state index contributed by atoms with van der Waals surface area (Å²) in [5.74, 6) is -1.34. The van der Waals surface area contributed by atoms with E-state index in [1.807, 2.05) is 0 Å². The highest BCUT2D eigenvalue weighted by molar-refractivity contribution is 7.93. The van der Waals surface area contributed by atoms with Crippen LogP contribution in [0.15, 0.2) is 76.7 Å². The Bertz CT molecular complexity index is 1370. The maximum Gasteiger partial charge on any atom is 0.337 e. The van der Waals surface area contributed by atoms with Crippen molar-refractivity contribution in [3.63, 3.8) is 0 Å². The minimum atomic E-state index is -4.45.